The smallest absolute Gasteiger partial charge is 0.180 e. The zero-order chi connectivity index (χ0) is 14.5. The zero-order valence-electron chi connectivity index (χ0n) is 12.0. The second-order valence-corrected chi connectivity index (χ2v) is 5.67. The van der Waals surface area contributed by atoms with Crippen molar-refractivity contribution in [3.63, 3.8) is 0 Å². The fourth-order valence-electron chi connectivity index (χ4n) is 2.87. The van der Waals surface area contributed by atoms with E-state index in [0.29, 0.717) is 28.0 Å². The summed E-state index contributed by atoms with van der Waals surface area (Å²) in [5, 5.41) is 0.437. The van der Waals surface area contributed by atoms with Crippen LogP contribution < -0.4 is 9.47 Å². The molecule has 1 fully saturated rings. The highest BCUT2D eigenvalue weighted by molar-refractivity contribution is 6.32. The maximum atomic E-state index is 10.9. The highest BCUT2D eigenvalue weighted by Gasteiger charge is 2.27. The van der Waals surface area contributed by atoms with E-state index in [-0.39, 0.29) is 6.10 Å². The van der Waals surface area contributed by atoms with Crippen molar-refractivity contribution in [2.75, 3.05) is 7.11 Å². The average molecular weight is 297 g/mol. The highest BCUT2D eigenvalue weighted by atomic mass is 35.5. The Morgan fingerprint density at radius 1 is 1.35 bits per heavy atom. The Labute approximate surface area is 125 Å². The summed E-state index contributed by atoms with van der Waals surface area (Å²) in [4.78, 5) is 10.9. The molecule has 1 aromatic carbocycles. The molecule has 4 heteroatoms. The number of hydrogen-bond acceptors (Lipinski definition) is 3. The van der Waals surface area contributed by atoms with Crippen LogP contribution in [0.25, 0.3) is 0 Å². The number of aldehydes is 1. The maximum absolute atomic E-state index is 10.9. The van der Waals surface area contributed by atoms with Gasteiger partial charge in [0.2, 0.25) is 0 Å². The molecule has 0 amide bonds. The summed E-state index contributed by atoms with van der Waals surface area (Å²) in [6.45, 7) is 2.20. The van der Waals surface area contributed by atoms with Crippen LogP contribution in [0.4, 0.5) is 0 Å². The van der Waals surface area contributed by atoms with Crippen molar-refractivity contribution in [3.05, 3.63) is 22.7 Å². The van der Waals surface area contributed by atoms with E-state index in [1.165, 1.54) is 19.3 Å². The molecule has 0 N–H and O–H groups in total. The van der Waals surface area contributed by atoms with Crippen LogP contribution in [0.2, 0.25) is 5.02 Å². The molecule has 0 radical (unpaired) electrons. The van der Waals surface area contributed by atoms with Gasteiger partial charge in [-0.3, -0.25) is 4.79 Å². The number of halogens is 1. The van der Waals surface area contributed by atoms with Crippen LogP contribution in [0.1, 0.15) is 49.4 Å². The first kappa shape index (κ1) is 15.2. The first-order chi connectivity index (χ1) is 9.69. The summed E-state index contributed by atoms with van der Waals surface area (Å²) in [7, 11) is 1.56. The van der Waals surface area contributed by atoms with Crippen LogP contribution >= 0.6 is 11.6 Å². The van der Waals surface area contributed by atoms with E-state index in [1.54, 1.807) is 19.2 Å². The summed E-state index contributed by atoms with van der Waals surface area (Å²) in [6, 6.07) is 3.29. The van der Waals surface area contributed by atoms with Gasteiger partial charge < -0.3 is 9.47 Å². The monoisotopic (exact) mass is 296 g/mol. The minimum atomic E-state index is 0.183. The Balaban J connectivity index is 2.25. The van der Waals surface area contributed by atoms with Crippen molar-refractivity contribution in [2.24, 2.45) is 5.92 Å². The first-order valence-electron chi connectivity index (χ1n) is 7.19. The van der Waals surface area contributed by atoms with Gasteiger partial charge in [-0.15, -0.1) is 0 Å². The molecule has 0 aliphatic heterocycles. The lowest BCUT2D eigenvalue weighted by Crippen LogP contribution is -2.30. The topological polar surface area (TPSA) is 35.5 Å². The summed E-state index contributed by atoms with van der Waals surface area (Å²) in [5.74, 6) is 1.65. The minimum Gasteiger partial charge on any atom is -0.493 e. The highest BCUT2D eigenvalue weighted by Crippen LogP contribution is 2.39. The number of benzene rings is 1. The second-order valence-electron chi connectivity index (χ2n) is 5.26. The third-order valence-electron chi connectivity index (χ3n) is 4.02. The SMILES string of the molecule is CCC1CCCCC1Oc1c(Cl)cc(C=O)cc1OC. The molecule has 1 aliphatic carbocycles. The minimum absolute atomic E-state index is 0.183. The second kappa shape index (κ2) is 6.98. The molecule has 0 bridgehead atoms. The van der Waals surface area contributed by atoms with Gasteiger partial charge in [0.25, 0.3) is 0 Å². The molecule has 20 heavy (non-hydrogen) atoms. The van der Waals surface area contributed by atoms with Gasteiger partial charge in [0.15, 0.2) is 11.5 Å². The molecule has 1 aromatic rings. The predicted molar refractivity (Wildman–Crippen MR) is 80.1 cm³/mol. The molecule has 0 heterocycles. The van der Waals surface area contributed by atoms with Crippen LogP contribution in [0, 0.1) is 5.92 Å². The third-order valence-corrected chi connectivity index (χ3v) is 4.30. The van der Waals surface area contributed by atoms with E-state index < -0.39 is 0 Å². The molecule has 2 atom stereocenters. The van der Waals surface area contributed by atoms with Gasteiger partial charge in [-0.1, -0.05) is 24.9 Å². The van der Waals surface area contributed by atoms with Gasteiger partial charge in [0.1, 0.15) is 12.4 Å². The number of hydrogen-bond donors (Lipinski definition) is 0. The van der Waals surface area contributed by atoms with E-state index in [4.69, 9.17) is 21.1 Å². The van der Waals surface area contributed by atoms with Crippen LogP contribution in [0.5, 0.6) is 11.5 Å². The van der Waals surface area contributed by atoms with Gasteiger partial charge in [-0.25, -0.2) is 0 Å². The van der Waals surface area contributed by atoms with E-state index in [1.807, 2.05) is 0 Å². The van der Waals surface area contributed by atoms with Gasteiger partial charge >= 0.3 is 0 Å². The van der Waals surface area contributed by atoms with Crippen molar-refractivity contribution < 1.29 is 14.3 Å². The molecular formula is C16H21ClO3. The van der Waals surface area contributed by atoms with Crippen molar-refractivity contribution in [2.45, 2.75) is 45.1 Å². The molecule has 2 unspecified atom stereocenters. The van der Waals surface area contributed by atoms with E-state index in [0.717, 1.165) is 19.1 Å². The average Bonchev–Trinajstić information content (AvgIpc) is 2.49. The number of methoxy groups -OCH3 is 1. The third kappa shape index (κ3) is 3.26. The van der Waals surface area contributed by atoms with Crippen LogP contribution in [-0.2, 0) is 0 Å². The number of carbonyl (C=O) groups is 1. The Morgan fingerprint density at radius 3 is 2.75 bits per heavy atom. The molecular weight excluding hydrogens is 276 g/mol. The predicted octanol–water partition coefficient (Wildman–Crippen LogP) is 4.51. The van der Waals surface area contributed by atoms with Gasteiger partial charge in [-0.05, 0) is 43.7 Å². The number of rotatable bonds is 5. The molecule has 1 saturated carbocycles. The van der Waals surface area contributed by atoms with Crippen molar-refractivity contribution >= 4 is 17.9 Å². The largest absolute Gasteiger partial charge is 0.493 e. The lowest BCUT2D eigenvalue weighted by molar-refractivity contribution is 0.0874. The molecule has 2 rings (SSSR count). The van der Waals surface area contributed by atoms with Crippen molar-refractivity contribution in [3.8, 4) is 11.5 Å². The molecule has 1 aliphatic rings. The molecule has 3 nitrogen and oxygen atoms in total. The van der Waals surface area contributed by atoms with Crippen LogP contribution in [0.15, 0.2) is 12.1 Å². The molecule has 0 aromatic heterocycles. The summed E-state index contributed by atoms with van der Waals surface area (Å²) < 4.78 is 11.4. The zero-order valence-corrected chi connectivity index (χ0v) is 12.8. The van der Waals surface area contributed by atoms with Gasteiger partial charge in [0, 0.05) is 5.56 Å². The Morgan fingerprint density at radius 2 is 2.10 bits per heavy atom. The van der Waals surface area contributed by atoms with Crippen LogP contribution in [-0.4, -0.2) is 19.5 Å². The van der Waals surface area contributed by atoms with Gasteiger partial charge in [-0.2, -0.15) is 0 Å². The Hall–Kier alpha value is -1.22. The Kier molecular flexibility index (Phi) is 5.30. The fourth-order valence-corrected chi connectivity index (χ4v) is 3.13. The lowest BCUT2D eigenvalue weighted by Gasteiger charge is -2.32. The molecule has 0 saturated heterocycles. The quantitative estimate of drug-likeness (QED) is 0.750. The van der Waals surface area contributed by atoms with E-state index in [2.05, 4.69) is 6.92 Å². The summed E-state index contributed by atoms with van der Waals surface area (Å²) in [5.41, 5.74) is 0.495. The van der Waals surface area contributed by atoms with Crippen molar-refractivity contribution in [1.82, 2.24) is 0 Å². The Bertz CT molecular complexity index is 473. The van der Waals surface area contributed by atoms with Gasteiger partial charge in [0.05, 0.1) is 12.1 Å². The molecule has 110 valence electrons. The summed E-state index contributed by atoms with van der Waals surface area (Å²) in [6.07, 6.45) is 6.76. The van der Waals surface area contributed by atoms with E-state index in [9.17, 15) is 4.79 Å². The van der Waals surface area contributed by atoms with Crippen LogP contribution in [0.3, 0.4) is 0 Å². The maximum Gasteiger partial charge on any atom is 0.180 e. The lowest BCUT2D eigenvalue weighted by atomic mass is 9.85. The first-order valence-corrected chi connectivity index (χ1v) is 7.56. The number of ether oxygens (including phenoxy) is 2. The standard InChI is InChI=1S/C16H21ClO3/c1-3-12-6-4-5-7-14(12)20-16-13(17)8-11(10-18)9-15(16)19-2/h8-10,12,14H,3-7H2,1-2H3. The van der Waals surface area contributed by atoms with E-state index >= 15 is 0 Å². The normalized spacial score (nSPS) is 22.4. The number of carbonyl (C=O) groups excluding carboxylic acids is 1. The fraction of sp³-hybridized carbons (Fsp3) is 0.562. The molecule has 0 spiro atoms. The summed E-state index contributed by atoms with van der Waals surface area (Å²) >= 11 is 6.24. The van der Waals surface area contributed by atoms with Crippen molar-refractivity contribution in [1.29, 1.82) is 0 Å².